The average Bonchev–Trinajstić information content (AvgIpc) is 3.25. The van der Waals surface area contributed by atoms with Crippen molar-refractivity contribution in [3.63, 3.8) is 0 Å². The Hall–Kier alpha value is -3.16. The molecule has 0 unspecified atom stereocenters. The number of carbonyl (C=O) groups is 1. The highest BCUT2D eigenvalue weighted by Gasteiger charge is 2.25. The summed E-state index contributed by atoms with van der Waals surface area (Å²) >= 11 is 0. The lowest BCUT2D eigenvalue weighted by Crippen LogP contribution is -2.40. The fourth-order valence-electron chi connectivity index (χ4n) is 3.51. The van der Waals surface area contributed by atoms with Crippen LogP contribution >= 0.6 is 0 Å². The highest BCUT2D eigenvalue weighted by Crippen LogP contribution is 2.22. The minimum atomic E-state index is 0.0389. The molecule has 1 saturated heterocycles. The lowest BCUT2D eigenvalue weighted by Gasteiger charge is -2.32. The average molecular weight is 394 g/mol. The fraction of sp³-hybridized carbons (Fsp3) is 0.429. The van der Waals surface area contributed by atoms with Crippen LogP contribution in [0, 0.1) is 5.92 Å². The third-order valence-electron chi connectivity index (χ3n) is 5.20. The van der Waals surface area contributed by atoms with Gasteiger partial charge in [-0.25, -0.2) is 0 Å². The lowest BCUT2D eigenvalue weighted by molar-refractivity contribution is -0.125. The van der Waals surface area contributed by atoms with E-state index >= 15 is 0 Å². The van der Waals surface area contributed by atoms with Gasteiger partial charge in [0.1, 0.15) is 17.9 Å². The topological polar surface area (TPSA) is 84.6 Å². The maximum atomic E-state index is 12.6. The first-order valence-electron chi connectivity index (χ1n) is 10.1. The van der Waals surface area contributed by atoms with Crippen LogP contribution in [0.5, 0.6) is 5.75 Å². The molecule has 0 aliphatic carbocycles. The highest BCUT2D eigenvalue weighted by molar-refractivity contribution is 5.79. The predicted molar refractivity (Wildman–Crippen MR) is 110 cm³/mol. The lowest BCUT2D eigenvalue weighted by atomic mass is 9.96. The zero-order valence-corrected chi connectivity index (χ0v) is 16.6. The second kappa shape index (κ2) is 8.89. The number of carbonyl (C=O) groups excluding carboxylic acids is 1. The van der Waals surface area contributed by atoms with Crippen molar-refractivity contribution in [3.8, 4) is 5.75 Å². The number of anilines is 1. The van der Waals surface area contributed by atoms with E-state index in [1.807, 2.05) is 36.4 Å². The van der Waals surface area contributed by atoms with Gasteiger partial charge in [-0.15, -0.1) is 15.3 Å². The molecule has 2 aromatic heterocycles. The largest absolute Gasteiger partial charge is 0.494 e. The number of amides is 1. The van der Waals surface area contributed by atoms with Gasteiger partial charge >= 0.3 is 0 Å². The van der Waals surface area contributed by atoms with Crippen molar-refractivity contribution >= 4 is 17.4 Å². The summed E-state index contributed by atoms with van der Waals surface area (Å²) in [5.41, 5.74) is 1.80. The van der Waals surface area contributed by atoms with Gasteiger partial charge in [0.05, 0.1) is 6.61 Å². The van der Waals surface area contributed by atoms with E-state index in [1.54, 1.807) is 10.8 Å². The van der Waals surface area contributed by atoms with Gasteiger partial charge in [0.25, 0.3) is 0 Å². The molecule has 1 N–H and O–H groups in total. The molecule has 3 heterocycles. The van der Waals surface area contributed by atoms with Crippen molar-refractivity contribution in [2.24, 2.45) is 5.92 Å². The molecule has 8 nitrogen and oxygen atoms in total. The van der Waals surface area contributed by atoms with Crippen LogP contribution in [0.15, 0.2) is 42.7 Å². The summed E-state index contributed by atoms with van der Waals surface area (Å²) in [5.74, 6) is 1.92. The molecular weight excluding hydrogens is 368 g/mol. The second-order valence-corrected chi connectivity index (χ2v) is 7.30. The molecule has 1 amide bonds. The molecule has 29 heavy (non-hydrogen) atoms. The minimum absolute atomic E-state index is 0.0389. The van der Waals surface area contributed by atoms with Crippen molar-refractivity contribution < 1.29 is 9.53 Å². The van der Waals surface area contributed by atoms with E-state index in [0.717, 1.165) is 61.7 Å². The number of ether oxygens (including phenoxy) is 1. The number of fused-ring (bicyclic) bond motifs is 1. The second-order valence-electron chi connectivity index (χ2n) is 7.30. The van der Waals surface area contributed by atoms with Gasteiger partial charge in [-0.1, -0.05) is 19.1 Å². The molecule has 0 spiro atoms. The third kappa shape index (κ3) is 4.64. The first-order chi connectivity index (χ1) is 14.2. The number of aromatic nitrogens is 4. The Kier molecular flexibility index (Phi) is 5.88. The van der Waals surface area contributed by atoms with Gasteiger partial charge in [-0.2, -0.15) is 4.52 Å². The number of benzene rings is 1. The Morgan fingerprint density at radius 1 is 1.17 bits per heavy atom. The fourth-order valence-corrected chi connectivity index (χ4v) is 3.51. The summed E-state index contributed by atoms with van der Waals surface area (Å²) in [7, 11) is 0. The quantitative estimate of drug-likeness (QED) is 0.663. The predicted octanol–water partition coefficient (Wildman–Crippen LogP) is 2.45. The van der Waals surface area contributed by atoms with Crippen LogP contribution in [-0.2, 0) is 11.3 Å². The molecule has 4 rings (SSSR count). The minimum Gasteiger partial charge on any atom is -0.494 e. The Morgan fingerprint density at radius 2 is 1.97 bits per heavy atom. The standard InChI is InChI=1S/C21H26N6O2/c1-2-13-29-18-5-3-16(4-6-18)14-22-21(28)17-9-11-26(12-10-17)20-8-7-19-24-23-15-27(19)25-20/h3-8,15,17H,2,9-14H2,1H3,(H,22,28). The summed E-state index contributed by atoms with van der Waals surface area (Å²) < 4.78 is 7.26. The monoisotopic (exact) mass is 394 g/mol. The van der Waals surface area contributed by atoms with Crippen molar-refractivity contribution in [1.82, 2.24) is 25.1 Å². The number of rotatable bonds is 7. The number of piperidine rings is 1. The molecule has 1 fully saturated rings. The smallest absolute Gasteiger partial charge is 0.223 e. The zero-order chi connectivity index (χ0) is 20.1. The normalized spacial score (nSPS) is 14.9. The maximum absolute atomic E-state index is 12.6. The van der Waals surface area contributed by atoms with Crippen LogP contribution < -0.4 is 15.0 Å². The molecule has 1 aromatic carbocycles. The molecule has 0 bridgehead atoms. The Morgan fingerprint density at radius 3 is 2.72 bits per heavy atom. The van der Waals surface area contributed by atoms with E-state index in [0.29, 0.717) is 6.54 Å². The first-order valence-corrected chi connectivity index (χ1v) is 10.1. The first kappa shape index (κ1) is 19.2. The molecule has 152 valence electrons. The van der Waals surface area contributed by atoms with Gasteiger partial charge in [0, 0.05) is 25.6 Å². The summed E-state index contributed by atoms with van der Waals surface area (Å²) in [6.07, 6.45) is 4.22. The molecule has 1 aliphatic heterocycles. The molecular formula is C21H26N6O2. The van der Waals surface area contributed by atoms with Crippen LogP contribution in [0.2, 0.25) is 0 Å². The Balaban J connectivity index is 1.25. The maximum Gasteiger partial charge on any atom is 0.223 e. The third-order valence-corrected chi connectivity index (χ3v) is 5.20. The van der Waals surface area contributed by atoms with Crippen molar-refractivity contribution in [3.05, 3.63) is 48.3 Å². The summed E-state index contributed by atoms with van der Waals surface area (Å²) in [5, 5.41) is 15.4. The van der Waals surface area contributed by atoms with E-state index < -0.39 is 0 Å². The number of nitrogens with zero attached hydrogens (tertiary/aromatic N) is 5. The number of hydrogen-bond donors (Lipinski definition) is 1. The van der Waals surface area contributed by atoms with Gasteiger partial charge < -0.3 is 15.0 Å². The van der Waals surface area contributed by atoms with E-state index in [9.17, 15) is 4.79 Å². The van der Waals surface area contributed by atoms with Crippen LogP contribution in [-0.4, -0.2) is 45.4 Å². The van der Waals surface area contributed by atoms with Crippen LogP contribution in [0.3, 0.4) is 0 Å². The van der Waals surface area contributed by atoms with Gasteiger partial charge in [-0.05, 0) is 49.1 Å². The summed E-state index contributed by atoms with van der Waals surface area (Å²) in [4.78, 5) is 14.8. The number of hydrogen-bond acceptors (Lipinski definition) is 6. The van der Waals surface area contributed by atoms with Crippen molar-refractivity contribution in [2.75, 3.05) is 24.6 Å². The zero-order valence-electron chi connectivity index (χ0n) is 16.6. The van der Waals surface area contributed by atoms with Crippen LogP contribution in [0.4, 0.5) is 5.82 Å². The summed E-state index contributed by atoms with van der Waals surface area (Å²) in [6.45, 7) is 4.96. The van der Waals surface area contributed by atoms with Gasteiger partial charge in [-0.3, -0.25) is 4.79 Å². The van der Waals surface area contributed by atoms with Crippen LogP contribution in [0.1, 0.15) is 31.7 Å². The van der Waals surface area contributed by atoms with E-state index in [2.05, 4.69) is 32.4 Å². The SMILES string of the molecule is CCCOc1ccc(CNC(=O)C2CCN(c3ccc4nncn4n3)CC2)cc1. The van der Waals surface area contributed by atoms with Crippen LogP contribution in [0.25, 0.3) is 5.65 Å². The van der Waals surface area contributed by atoms with E-state index in [1.165, 1.54) is 0 Å². The Labute approximate surface area is 169 Å². The van der Waals surface area contributed by atoms with Gasteiger partial charge in [0.2, 0.25) is 5.91 Å². The summed E-state index contributed by atoms with van der Waals surface area (Å²) in [6, 6.07) is 11.8. The molecule has 8 heteroatoms. The van der Waals surface area contributed by atoms with Crippen molar-refractivity contribution in [2.45, 2.75) is 32.7 Å². The highest BCUT2D eigenvalue weighted by atomic mass is 16.5. The number of nitrogens with one attached hydrogen (secondary N) is 1. The molecule has 1 aliphatic rings. The van der Waals surface area contributed by atoms with Crippen molar-refractivity contribution in [1.29, 1.82) is 0 Å². The molecule has 0 saturated carbocycles. The molecule has 0 radical (unpaired) electrons. The van der Waals surface area contributed by atoms with E-state index in [-0.39, 0.29) is 11.8 Å². The molecule has 0 atom stereocenters. The Bertz CT molecular complexity index is 947. The molecule has 3 aromatic rings. The van der Waals surface area contributed by atoms with Gasteiger partial charge in [0.15, 0.2) is 5.65 Å². The van der Waals surface area contributed by atoms with E-state index in [4.69, 9.17) is 4.74 Å².